The monoisotopic (exact) mass is 244 g/mol. The van der Waals surface area contributed by atoms with Gasteiger partial charge in [-0.15, -0.1) is 0 Å². The van der Waals surface area contributed by atoms with Gasteiger partial charge in [-0.1, -0.05) is 6.92 Å². The van der Waals surface area contributed by atoms with Crippen LogP contribution in [0.25, 0.3) is 0 Å². The zero-order chi connectivity index (χ0) is 12.9. The minimum absolute atomic E-state index is 0.190. The third-order valence-electron chi connectivity index (χ3n) is 3.35. The van der Waals surface area contributed by atoms with Crippen LogP contribution in [-0.4, -0.2) is 59.4 Å². The fourth-order valence-electron chi connectivity index (χ4n) is 2.25. The van der Waals surface area contributed by atoms with Crippen molar-refractivity contribution in [2.45, 2.75) is 32.3 Å². The third kappa shape index (κ3) is 4.61. The predicted octanol–water partition coefficient (Wildman–Crippen LogP) is 0.144. The van der Waals surface area contributed by atoms with E-state index in [-0.39, 0.29) is 6.54 Å². The molecule has 0 radical (unpaired) electrons. The summed E-state index contributed by atoms with van der Waals surface area (Å²) in [4.78, 5) is 12.9. The Hall–Kier alpha value is -0.650. The lowest BCUT2D eigenvalue weighted by atomic mass is 9.98. The van der Waals surface area contributed by atoms with Gasteiger partial charge in [0, 0.05) is 13.1 Å². The van der Waals surface area contributed by atoms with Crippen molar-refractivity contribution in [3.05, 3.63) is 0 Å². The first-order chi connectivity index (χ1) is 7.95. The smallest absolute Gasteiger partial charge is 0.336 e. The first kappa shape index (κ1) is 14.4. The highest BCUT2D eigenvalue weighted by atomic mass is 16.4. The Kier molecular flexibility index (Phi) is 5.36. The van der Waals surface area contributed by atoms with Gasteiger partial charge in [0.2, 0.25) is 0 Å². The van der Waals surface area contributed by atoms with Gasteiger partial charge in [-0.25, -0.2) is 4.79 Å². The van der Waals surface area contributed by atoms with Gasteiger partial charge in [0.05, 0.1) is 0 Å². The Morgan fingerprint density at radius 3 is 2.76 bits per heavy atom. The second kappa shape index (κ2) is 6.33. The van der Waals surface area contributed by atoms with Gasteiger partial charge in [-0.3, -0.25) is 4.90 Å². The SMILES string of the molecule is CCN(CC1CCCNC1)CC(C)(O)C(=O)O. The standard InChI is InChI=1S/C12H24N2O3/c1-3-14(9-12(2,17)11(15)16)8-10-5-4-6-13-7-10/h10,13,17H,3-9H2,1-2H3,(H,15,16). The lowest BCUT2D eigenvalue weighted by molar-refractivity contribution is -0.158. The van der Waals surface area contributed by atoms with Gasteiger partial charge in [-0.05, 0) is 45.3 Å². The Labute approximate surface area is 103 Å². The fraction of sp³-hybridized carbons (Fsp3) is 0.917. The molecule has 1 fully saturated rings. The molecule has 1 aliphatic rings. The molecule has 100 valence electrons. The topological polar surface area (TPSA) is 72.8 Å². The first-order valence-corrected chi connectivity index (χ1v) is 6.34. The summed E-state index contributed by atoms with van der Waals surface area (Å²) in [6.45, 7) is 7.23. The van der Waals surface area contributed by atoms with E-state index in [4.69, 9.17) is 5.11 Å². The van der Waals surface area contributed by atoms with Gasteiger partial charge < -0.3 is 15.5 Å². The Morgan fingerprint density at radius 1 is 1.59 bits per heavy atom. The normalized spacial score (nSPS) is 24.6. The molecule has 17 heavy (non-hydrogen) atoms. The molecule has 0 bridgehead atoms. The summed E-state index contributed by atoms with van der Waals surface area (Å²) < 4.78 is 0. The maximum atomic E-state index is 10.9. The summed E-state index contributed by atoms with van der Waals surface area (Å²) in [5, 5.41) is 22.0. The second-order valence-corrected chi connectivity index (χ2v) is 5.12. The Morgan fingerprint density at radius 2 is 2.29 bits per heavy atom. The summed E-state index contributed by atoms with van der Waals surface area (Å²) in [6, 6.07) is 0. The van der Waals surface area contributed by atoms with Crippen molar-refractivity contribution >= 4 is 5.97 Å². The quantitative estimate of drug-likeness (QED) is 0.620. The van der Waals surface area contributed by atoms with Crippen LogP contribution in [0.1, 0.15) is 26.7 Å². The van der Waals surface area contributed by atoms with Crippen LogP contribution < -0.4 is 5.32 Å². The van der Waals surface area contributed by atoms with E-state index >= 15 is 0 Å². The lowest BCUT2D eigenvalue weighted by Crippen LogP contribution is -2.49. The molecular formula is C12H24N2O3. The number of carbonyl (C=O) groups is 1. The van der Waals surface area contributed by atoms with Gasteiger partial charge in [-0.2, -0.15) is 0 Å². The van der Waals surface area contributed by atoms with E-state index in [0.29, 0.717) is 5.92 Å². The number of carboxylic acid groups (broad SMARTS) is 1. The van der Waals surface area contributed by atoms with E-state index in [1.807, 2.05) is 11.8 Å². The zero-order valence-corrected chi connectivity index (χ0v) is 10.8. The fourth-order valence-corrected chi connectivity index (χ4v) is 2.25. The Bertz CT molecular complexity index is 250. The van der Waals surface area contributed by atoms with Crippen molar-refractivity contribution in [3.8, 4) is 0 Å². The number of likely N-dealkylation sites (N-methyl/N-ethyl adjacent to an activating group) is 1. The average molecular weight is 244 g/mol. The van der Waals surface area contributed by atoms with Crippen molar-refractivity contribution in [1.82, 2.24) is 10.2 Å². The molecule has 0 aliphatic carbocycles. The summed E-state index contributed by atoms with van der Waals surface area (Å²) in [5.41, 5.74) is -1.65. The number of nitrogens with one attached hydrogen (secondary N) is 1. The third-order valence-corrected chi connectivity index (χ3v) is 3.35. The van der Waals surface area contributed by atoms with E-state index < -0.39 is 11.6 Å². The summed E-state index contributed by atoms with van der Waals surface area (Å²) in [7, 11) is 0. The van der Waals surface area contributed by atoms with Crippen LogP contribution >= 0.6 is 0 Å². The van der Waals surface area contributed by atoms with Gasteiger partial charge in [0.25, 0.3) is 0 Å². The van der Waals surface area contributed by atoms with E-state index in [2.05, 4.69) is 5.32 Å². The number of hydrogen-bond donors (Lipinski definition) is 3. The number of hydrogen-bond acceptors (Lipinski definition) is 4. The molecule has 0 aromatic heterocycles. The van der Waals surface area contributed by atoms with E-state index in [0.717, 1.165) is 26.2 Å². The predicted molar refractivity (Wildman–Crippen MR) is 66.0 cm³/mol. The van der Waals surface area contributed by atoms with Crippen LogP contribution in [0, 0.1) is 5.92 Å². The molecule has 3 N–H and O–H groups in total. The molecule has 1 heterocycles. The van der Waals surface area contributed by atoms with Gasteiger partial charge in [0.1, 0.15) is 0 Å². The van der Waals surface area contributed by atoms with Crippen molar-refractivity contribution in [2.24, 2.45) is 5.92 Å². The van der Waals surface area contributed by atoms with Crippen LogP contribution in [0.15, 0.2) is 0 Å². The molecule has 1 rings (SSSR count). The molecule has 5 nitrogen and oxygen atoms in total. The zero-order valence-electron chi connectivity index (χ0n) is 10.8. The maximum absolute atomic E-state index is 10.9. The van der Waals surface area contributed by atoms with Crippen molar-refractivity contribution in [1.29, 1.82) is 0 Å². The van der Waals surface area contributed by atoms with Crippen LogP contribution in [0.3, 0.4) is 0 Å². The average Bonchev–Trinajstić information content (AvgIpc) is 2.29. The van der Waals surface area contributed by atoms with Crippen molar-refractivity contribution < 1.29 is 15.0 Å². The first-order valence-electron chi connectivity index (χ1n) is 6.34. The van der Waals surface area contributed by atoms with E-state index in [9.17, 15) is 9.90 Å². The van der Waals surface area contributed by atoms with Crippen molar-refractivity contribution in [2.75, 3.05) is 32.7 Å². The van der Waals surface area contributed by atoms with Gasteiger partial charge in [0.15, 0.2) is 5.60 Å². The van der Waals surface area contributed by atoms with Crippen LogP contribution in [0.5, 0.6) is 0 Å². The maximum Gasteiger partial charge on any atom is 0.336 e. The highest BCUT2D eigenvalue weighted by Gasteiger charge is 2.32. The van der Waals surface area contributed by atoms with Crippen LogP contribution in [0.4, 0.5) is 0 Å². The molecule has 0 aromatic carbocycles. The molecule has 0 spiro atoms. The van der Waals surface area contributed by atoms with Crippen LogP contribution in [0.2, 0.25) is 0 Å². The second-order valence-electron chi connectivity index (χ2n) is 5.12. The number of piperidine rings is 1. The molecule has 1 saturated heterocycles. The summed E-state index contributed by atoms with van der Waals surface area (Å²) >= 11 is 0. The summed E-state index contributed by atoms with van der Waals surface area (Å²) in [5.74, 6) is -0.592. The van der Waals surface area contributed by atoms with E-state index in [1.54, 1.807) is 0 Å². The largest absolute Gasteiger partial charge is 0.479 e. The highest BCUT2D eigenvalue weighted by Crippen LogP contribution is 2.14. The minimum Gasteiger partial charge on any atom is -0.479 e. The molecule has 0 saturated carbocycles. The lowest BCUT2D eigenvalue weighted by Gasteiger charge is -2.32. The molecule has 1 aliphatic heterocycles. The molecule has 0 aromatic rings. The number of nitrogens with zero attached hydrogens (tertiary/aromatic N) is 1. The molecule has 2 atom stereocenters. The molecule has 0 amide bonds. The number of aliphatic carboxylic acids is 1. The summed E-state index contributed by atoms with van der Waals surface area (Å²) in [6.07, 6.45) is 2.36. The van der Waals surface area contributed by atoms with E-state index in [1.165, 1.54) is 19.8 Å². The number of rotatable bonds is 6. The molecule has 5 heteroatoms. The number of aliphatic hydroxyl groups is 1. The van der Waals surface area contributed by atoms with Crippen molar-refractivity contribution in [3.63, 3.8) is 0 Å². The Balaban J connectivity index is 2.44. The highest BCUT2D eigenvalue weighted by molar-refractivity contribution is 5.76. The minimum atomic E-state index is -1.65. The van der Waals surface area contributed by atoms with Crippen LogP contribution in [-0.2, 0) is 4.79 Å². The molecular weight excluding hydrogens is 220 g/mol. The number of carboxylic acids is 1. The molecule has 2 unspecified atom stereocenters. The van der Waals surface area contributed by atoms with Gasteiger partial charge >= 0.3 is 5.97 Å².